The third-order valence-corrected chi connectivity index (χ3v) is 5.03. The first-order valence-electron chi connectivity index (χ1n) is 9.00. The monoisotopic (exact) mass is 332 g/mol. The molecule has 2 aromatic rings. The minimum atomic E-state index is 0.954. The Balaban J connectivity index is 1.52. The molecule has 4 heteroatoms. The fourth-order valence-corrected chi connectivity index (χ4v) is 3.77. The highest BCUT2D eigenvalue weighted by Gasteiger charge is 2.24. The summed E-state index contributed by atoms with van der Waals surface area (Å²) in [4.78, 5) is 13.7. The summed E-state index contributed by atoms with van der Waals surface area (Å²) in [5.74, 6) is 1.38. The molecule has 0 N–H and O–H groups in total. The van der Waals surface area contributed by atoms with Gasteiger partial charge in [-0.15, -0.1) is 0 Å². The van der Waals surface area contributed by atoms with Gasteiger partial charge in [-0.2, -0.15) is 0 Å². The third-order valence-electron chi connectivity index (χ3n) is 5.03. The first-order chi connectivity index (χ1) is 12.3. The molecule has 4 heterocycles. The molecule has 0 saturated heterocycles. The van der Waals surface area contributed by atoms with E-state index in [2.05, 4.69) is 57.0 Å². The quantitative estimate of drug-likeness (QED) is 0.861. The summed E-state index contributed by atoms with van der Waals surface area (Å²) >= 11 is 0. The standard InChI is InChI=1S/C21H24N4/c1-17-4-3-13-24(14-8-18-6-11-22-12-7-18)21(17)25-15-9-20-19(16-25)5-2-10-23-20/h2-7,10-12H,8-9,13-16H2,1H3. The van der Waals surface area contributed by atoms with Crippen molar-refractivity contribution in [2.75, 3.05) is 19.6 Å². The minimum absolute atomic E-state index is 0.954. The molecule has 0 spiro atoms. The zero-order chi connectivity index (χ0) is 17.1. The number of rotatable bonds is 4. The third kappa shape index (κ3) is 3.43. The molecule has 0 fully saturated rings. The normalized spacial score (nSPS) is 17.0. The van der Waals surface area contributed by atoms with E-state index >= 15 is 0 Å². The Morgan fingerprint density at radius 2 is 2.00 bits per heavy atom. The average Bonchev–Trinajstić information content (AvgIpc) is 2.67. The van der Waals surface area contributed by atoms with Crippen molar-refractivity contribution in [2.45, 2.75) is 26.3 Å². The second-order valence-corrected chi connectivity index (χ2v) is 6.74. The maximum atomic E-state index is 4.54. The van der Waals surface area contributed by atoms with Crippen molar-refractivity contribution in [1.29, 1.82) is 0 Å². The van der Waals surface area contributed by atoms with Crippen molar-refractivity contribution in [3.63, 3.8) is 0 Å². The highest BCUT2D eigenvalue weighted by molar-refractivity contribution is 5.30. The first-order valence-corrected chi connectivity index (χ1v) is 9.00. The first kappa shape index (κ1) is 15.9. The Labute approximate surface area is 149 Å². The molecule has 0 bridgehead atoms. The molecule has 0 amide bonds. The van der Waals surface area contributed by atoms with Crippen LogP contribution in [0, 0.1) is 0 Å². The highest BCUT2D eigenvalue weighted by Crippen LogP contribution is 2.27. The number of allylic oxidation sites excluding steroid dienone is 2. The van der Waals surface area contributed by atoms with Gasteiger partial charge in [-0.05, 0) is 48.2 Å². The summed E-state index contributed by atoms with van der Waals surface area (Å²) in [5.41, 5.74) is 5.31. The van der Waals surface area contributed by atoms with Crippen molar-refractivity contribution >= 4 is 0 Å². The molecule has 25 heavy (non-hydrogen) atoms. The number of nitrogens with zero attached hydrogens (tertiary/aromatic N) is 4. The van der Waals surface area contributed by atoms with Crippen LogP contribution in [-0.4, -0.2) is 39.4 Å². The number of hydrogen-bond acceptors (Lipinski definition) is 4. The van der Waals surface area contributed by atoms with Crippen LogP contribution < -0.4 is 0 Å². The largest absolute Gasteiger partial charge is 0.354 e. The molecule has 128 valence electrons. The molecule has 0 radical (unpaired) electrons. The Hall–Kier alpha value is -2.62. The minimum Gasteiger partial charge on any atom is -0.354 e. The second-order valence-electron chi connectivity index (χ2n) is 6.74. The second kappa shape index (κ2) is 7.09. The van der Waals surface area contributed by atoms with Gasteiger partial charge in [-0.1, -0.05) is 18.2 Å². The van der Waals surface area contributed by atoms with E-state index in [1.165, 1.54) is 28.2 Å². The van der Waals surface area contributed by atoms with E-state index in [0.717, 1.165) is 39.0 Å². The predicted molar refractivity (Wildman–Crippen MR) is 99.7 cm³/mol. The van der Waals surface area contributed by atoms with Gasteiger partial charge in [0.15, 0.2) is 0 Å². The van der Waals surface area contributed by atoms with Gasteiger partial charge in [0.05, 0.1) is 0 Å². The van der Waals surface area contributed by atoms with Crippen LogP contribution in [0.5, 0.6) is 0 Å². The fourth-order valence-electron chi connectivity index (χ4n) is 3.77. The molecule has 2 aliphatic heterocycles. The maximum absolute atomic E-state index is 4.54. The van der Waals surface area contributed by atoms with Crippen molar-refractivity contribution < 1.29 is 0 Å². The van der Waals surface area contributed by atoms with Gasteiger partial charge in [0.25, 0.3) is 0 Å². The summed E-state index contributed by atoms with van der Waals surface area (Å²) in [6, 6.07) is 8.48. The Morgan fingerprint density at radius 1 is 1.12 bits per heavy atom. The van der Waals surface area contributed by atoms with E-state index in [-0.39, 0.29) is 0 Å². The van der Waals surface area contributed by atoms with Crippen LogP contribution in [0.15, 0.2) is 66.4 Å². The smallest absolute Gasteiger partial charge is 0.107 e. The molecule has 0 aliphatic carbocycles. The number of hydrogen-bond donors (Lipinski definition) is 0. The molecule has 2 aliphatic rings. The average molecular weight is 332 g/mol. The number of fused-ring (bicyclic) bond motifs is 1. The fraction of sp³-hybridized carbons (Fsp3) is 0.333. The van der Waals surface area contributed by atoms with Crippen molar-refractivity contribution in [1.82, 2.24) is 19.8 Å². The lowest BCUT2D eigenvalue weighted by molar-refractivity contribution is 0.202. The van der Waals surface area contributed by atoms with E-state index in [0.29, 0.717) is 0 Å². The van der Waals surface area contributed by atoms with Gasteiger partial charge >= 0.3 is 0 Å². The van der Waals surface area contributed by atoms with Gasteiger partial charge in [-0.25, -0.2) is 0 Å². The van der Waals surface area contributed by atoms with Crippen molar-refractivity contribution in [3.05, 3.63) is 83.2 Å². The molecule has 0 aromatic carbocycles. The lowest BCUT2D eigenvalue weighted by atomic mass is 10.0. The zero-order valence-corrected chi connectivity index (χ0v) is 14.7. The van der Waals surface area contributed by atoms with Crippen LogP contribution in [0.1, 0.15) is 23.7 Å². The lowest BCUT2D eigenvalue weighted by Gasteiger charge is -2.40. The molecule has 0 atom stereocenters. The number of pyridine rings is 2. The van der Waals surface area contributed by atoms with E-state index in [1.807, 2.05) is 24.7 Å². The van der Waals surface area contributed by atoms with Gasteiger partial charge < -0.3 is 9.80 Å². The van der Waals surface area contributed by atoms with Crippen LogP contribution >= 0.6 is 0 Å². The van der Waals surface area contributed by atoms with Crippen LogP contribution in [0.2, 0.25) is 0 Å². The van der Waals surface area contributed by atoms with Gasteiger partial charge in [-0.3, -0.25) is 9.97 Å². The van der Waals surface area contributed by atoms with E-state index in [1.54, 1.807) is 0 Å². The van der Waals surface area contributed by atoms with Crippen LogP contribution in [-0.2, 0) is 19.4 Å². The van der Waals surface area contributed by atoms with Crippen molar-refractivity contribution in [3.8, 4) is 0 Å². The lowest BCUT2D eigenvalue weighted by Crippen LogP contribution is -2.41. The Kier molecular flexibility index (Phi) is 4.51. The van der Waals surface area contributed by atoms with Gasteiger partial charge in [0.2, 0.25) is 0 Å². The highest BCUT2D eigenvalue weighted by atomic mass is 15.3. The summed E-state index contributed by atoms with van der Waals surface area (Å²) in [5, 5.41) is 0. The topological polar surface area (TPSA) is 32.3 Å². The Morgan fingerprint density at radius 3 is 2.88 bits per heavy atom. The SMILES string of the molecule is CC1=C(N2CCc3ncccc3C2)N(CCc2ccncc2)CC=C1. The van der Waals surface area contributed by atoms with Gasteiger partial charge in [0.1, 0.15) is 5.82 Å². The maximum Gasteiger partial charge on any atom is 0.107 e. The summed E-state index contributed by atoms with van der Waals surface area (Å²) < 4.78 is 0. The molecule has 4 rings (SSSR count). The van der Waals surface area contributed by atoms with E-state index in [9.17, 15) is 0 Å². The van der Waals surface area contributed by atoms with Crippen LogP contribution in [0.4, 0.5) is 0 Å². The summed E-state index contributed by atoms with van der Waals surface area (Å²) in [6.07, 6.45) is 12.3. The van der Waals surface area contributed by atoms with Gasteiger partial charge in [0, 0.05) is 56.9 Å². The molecular weight excluding hydrogens is 308 g/mol. The van der Waals surface area contributed by atoms with E-state index in [4.69, 9.17) is 0 Å². The number of aromatic nitrogens is 2. The Bertz CT molecular complexity index is 795. The molecule has 4 nitrogen and oxygen atoms in total. The van der Waals surface area contributed by atoms with E-state index < -0.39 is 0 Å². The molecular formula is C21H24N4. The van der Waals surface area contributed by atoms with Crippen LogP contribution in [0.25, 0.3) is 0 Å². The van der Waals surface area contributed by atoms with Crippen LogP contribution in [0.3, 0.4) is 0 Å². The molecule has 2 aromatic heterocycles. The zero-order valence-electron chi connectivity index (χ0n) is 14.7. The predicted octanol–water partition coefficient (Wildman–Crippen LogP) is 3.18. The van der Waals surface area contributed by atoms with Crippen molar-refractivity contribution in [2.24, 2.45) is 0 Å². The molecule has 0 unspecified atom stereocenters. The summed E-state index contributed by atoms with van der Waals surface area (Å²) in [6.45, 7) is 6.22. The molecule has 0 saturated carbocycles. The summed E-state index contributed by atoms with van der Waals surface area (Å²) in [7, 11) is 0.